The first-order chi connectivity index (χ1) is 13.2. The molecule has 0 saturated carbocycles. The number of aryl methyl sites for hydroxylation is 2. The van der Waals surface area contributed by atoms with E-state index in [9.17, 15) is 13.2 Å². The number of primary sulfonamides is 1. The number of nitrogens with one attached hydrogen (secondary N) is 1. The smallest absolute Gasteiger partial charge is 0.238 e. The number of nitrogens with two attached hydrogens (primary N) is 1. The Morgan fingerprint density at radius 1 is 1.21 bits per heavy atom. The number of sulfonamides is 1. The average molecular weight is 418 g/mol. The third-order valence-corrected chi connectivity index (χ3v) is 5.76. The molecule has 3 N–H and O–H groups in total. The minimum absolute atomic E-state index is 0.0625. The normalized spacial score (nSPS) is 11.4. The van der Waals surface area contributed by atoms with E-state index >= 15 is 0 Å². The van der Waals surface area contributed by atoms with E-state index in [0.717, 1.165) is 16.8 Å². The Kier molecular flexibility index (Phi) is 5.82. The molecular weight excluding hydrogens is 398 g/mol. The second kappa shape index (κ2) is 8.13. The van der Waals surface area contributed by atoms with Gasteiger partial charge in [-0.2, -0.15) is 0 Å². The number of rotatable bonds is 6. The molecule has 0 fully saturated rings. The van der Waals surface area contributed by atoms with Gasteiger partial charge in [0.1, 0.15) is 6.33 Å². The first-order valence-corrected chi connectivity index (χ1v) is 10.8. The fraction of sp³-hybridized carbons (Fsp3) is 0.167. The van der Waals surface area contributed by atoms with E-state index in [1.807, 2.05) is 30.5 Å². The van der Waals surface area contributed by atoms with Crippen LogP contribution in [0.25, 0.3) is 5.69 Å². The molecule has 28 heavy (non-hydrogen) atoms. The van der Waals surface area contributed by atoms with Gasteiger partial charge in [0.15, 0.2) is 5.16 Å². The Morgan fingerprint density at radius 2 is 2.00 bits per heavy atom. The summed E-state index contributed by atoms with van der Waals surface area (Å²) >= 11 is 1.23. The number of nitrogens with zero attached hydrogens (tertiary/aromatic N) is 3. The molecule has 0 radical (unpaired) electrons. The van der Waals surface area contributed by atoms with Gasteiger partial charge in [0.05, 0.1) is 16.3 Å². The predicted molar refractivity (Wildman–Crippen MR) is 108 cm³/mol. The number of hydrogen-bond acceptors (Lipinski definition) is 6. The number of thioether (sulfide) groups is 1. The van der Waals surface area contributed by atoms with Gasteiger partial charge < -0.3 is 5.32 Å². The maximum absolute atomic E-state index is 12.3. The number of carbonyl (C=O) groups is 1. The summed E-state index contributed by atoms with van der Waals surface area (Å²) in [5.41, 5.74) is 3.53. The molecule has 8 nitrogen and oxygen atoms in total. The molecule has 0 aliphatic heterocycles. The number of benzene rings is 2. The summed E-state index contributed by atoms with van der Waals surface area (Å²) in [6, 6.07) is 11.8. The summed E-state index contributed by atoms with van der Waals surface area (Å²) in [6.07, 6.45) is 1.60. The molecular formula is C18H19N5O3S2. The molecule has 1 heterocycles. The first kappa shape index (κ1) is 20.1. The first-order valence-electron chi connectivity index (χ1n) is 8.27. The number of hydrogen-bond donors (Lipinski definition) is 2. The van der Waals surface area contributed by atoms with Gasteiger partial charge in [-0.3, -0.25) is 9.36 Å². The molecule has 10 heteroatoms. The van der Waals surface area contributed by atoms with Crippen molar-refractivity contribution < 1.29 is 13.2 Å². The molecule has 0 aliphatic carbocycles. The maximum Gasteiger partial charge on any atom is 0.238 e. The summed E-state index contributed by atoms with van der Waals surface area (Å²) < 4.78 is 24.7. The van der Waals surface area contributed by atoms with E-state index < -0.39 is 10.0 Å². The minimum atomic E-state index is -3.83. The van der Waals surface area contributed by atoms with Gasteiger partial charge in [-0.25, -0.2) is 13.6 Å². The van der Waals surface area contributed by atoms with E-state index in [1.54, 1.807) is 12.4 Å². The van der Waals surface area contributed by atoms with E-state index in [1.165, 1.54) is 30.0 Å². The van der Waals surface area contributed by atoms with E-state index in [2.05, 4.69) is 21.6 Å². The summed E-state index contributed by atoms with van der Waals surface area (Å²) in [6.45, 7) is 4.02. The Balaban J connectivity index is 1.69. The molecule has 0 bridgehead atoms. The number of aromatic nitrogens is 3. The van der Waals surface area contributed by atoms with Crippen LogP contribution in [0.5, 0.6) is 0 Å². The lowest BCUT2D eigenvalue weighted by Gasteiger charge is -2.10. The van der Waals surface area contributed by atoms with Crippen molar-refractivity contribution in [3.63, 3.8) is 0 Å². The van der Waals surface area contributed by atoms with Gasteiger partial charge >= 0.3 is 0 Å². The molecule has 1 amide bonds. The van der Waals surface area contributed by atoms with Crippen molar-refractivity contribution in [3.8, 4) is 5.69 Å². The van der Waals surface area contributed by atoms with Gasteiger partial charge in [0.25, 0.3) is 0 Å². The zero-order valence-corrected chi connectivity index (χ0v) is 16.9. The van der Waals surface area contributed by atoms with Crippen LogP contribution in [0.2, 0.25) is 0 Å². The van der Waals surface area contributed by atoms with Crippen molar-refractivity contribution >= 4 is 33.4 Å². The Labute approximate surface area is 167 Å². The maximum atomic E-state index is 12.3. The van der Waals surface area contributed by atoms with Gasteiger partial charge in [-0.05, 0) is 43.7 Å². The van der Waals surface area contributed by atoms with Crippen LogP contribution in [-0.2, 0) is 14.8 Å². The molecule has 3 rings (SSSR count). The van der Waals surface area contributed by atoms with Gasteiger partial charge in [-0.1, -0.05) is 35.5 Å². The molecule has 0 atom stereocenters. The summed E-state index contributed by atoms with van der Waals surface area (Å²) in [5.74, 6) is -0.213. The van der Waals surface area contributed by atoms with Crippen LogP contribution in [0, 0.1) is 13.8 Å². The van der Waals surface area contributed by atoms with E-state index in [-0.39, 0.29) is 16.6 Å². The Hall–Kier alpha value is -2.69. The number of anilines is 1. The Morgan fingerprint density at radius 3 is 2.71 bits per heavy atom. The quantitative estimate of drug-likeness (QED) is 0.594. The third kappa shape index (κ3) is 4.77. The lowest BCUT2D eigenvalue weighted by molar-refractivity contribution is -0.113. The van der Waals surface area contributed by atoms with Crippen molar-refractivity contribution in [2.24, 2.45) is 5.14 Å². The molecule has 0 spiro atoms. The highest BCUT2D eigenvalue weighted by Crippen LogP contribution is 2.23. The molecule has 146 valence electrons. The zero-order valence-electron chi connectivity index (χ0n) is 15.3. The molecule has 3 aromatic rings. The van der Waals surface area contributed by atoms with Crippen molar-refractivity contribution in [2.45, 2.75) is 23.9 Å². The molecule has 1 aromatic heterocycles. The minimum Gasteiger partial charge on any atom is -0.325 e. The van der Waals surface area contributed by atoms with Crippen LogP contribution in [0.3, 0.4) is 0 Å². The highest BCUT2D eigenvalue weighted by Gasteiger charge is 2.13. The number of amides is 1. The van der Waals surface area contributed by atoms with Crippen LogP contribution in [-0.4, -0.2) is 34.8 Å². The van der Waals surface area contributed by atoms with Gasteiger partial charge in [0, 0.05) is 5.69 Å². The highest BCUT2D eigenvalue weighted by atomic mass is 32.2. The van der Waals surface area contributed by atoms with Crippen molar-refractivity contribution in [3.05, 3.63) is 59.9 Å². The lowest BCUT2D eigenvalue weighted by Crippen LogP contribution is -2.16. The zero-order chi connectivity index (χ0) is 20.3. The average Bonchev–Trinajstić information content (AvgIpc) is 3.08. The summed E-state index contributed by atoms with van der Waals surface area (Å²) in [7, 11) is -3.83. The van der Waals surface area contributed by atoms with Crippen LogP contribution >= 0.6 is 11.8 Å². The third-order valence-electron chi connectivity index (χ3n) is 3.91. The van der Waals surface area contributed by atoms with Crippen molar-refractivity contribution in [2.75, 3.05) is 11.1 Å². The largest absolute Gasteiger partial charge is 0.325 e. The topological polar surface area (TPSA) is 120 Å². The molecule has 2 aromatic carbocycles. The summed E-state index contributed by atoms with van der Waals surface area (Å²) in [4.78, 5) is 12.2. The Bertz CT molecular complexity index is 1130. The van der Waals surface area contributed by atoms with E-state index in [4.69, 9.17) is 5.14 Å². The van der Waals surface area contributed by atoms with Crippen LogP contribution in [0.15, 0.2) is 58.8 Å². The van der Waals surface area contributed by atoms with Crippen LogP contribution < -0.4 is 10.5 Å². The van der Waals surface area contributed by atoms with Crippen molar-refractivity contribution in [1.82, 2.24) is 14.8 Å². The molecule has 0 unspecified atom stereocenters. The standard InChI is InChI=1S/C18H19N5O3S2/c1-12-6-7-16(13(2)8-12)23-11-20-22-18(23)27-10-17(24)21-14-4-3-5-15(9-14)28(19,25)26/h3-9,11H,10H2,1-2H3,(H,21,24)(H2,19,25,26). The SMILES string of the molecule is Cc1ccc(-n2cnnc2SCC(=O)Nc2cccc(S(N)(=O)=O)c2)c(C)c1. The molecule has 0 saturated heterocycles. The number of carbonyl (C=O) groups excluding carboxylic acids is 1. The second-order valence-corrected chi connectivity index (χ2v) is 8.69. The van der Waals surface area contributed by atoms with Gasteiger partial charge in [0.2, 0.25) is 15.9 Å². The fourth-order valence-electron chi connectivity index (χ4n) is 2.64. The predicted octanol–water partition coefficient (Wildman–Crippen LogP) is 2.26. The lowest BCUT2D eigenvalue weighted by atomic mass is 10.1. The summed E-state index contributed by atoms with van der Waals surface area (Å²) in [5, 5.41) is 16.4. The monoisotopic (exact) mass is 417 g/mol. The van der Waals surface area contributed by atoms with Crippen molar-refractivity contribution in [1.29, 1.82) is 0 Å². The highest BCUT2D eigenvalue weighted by molar-refractivity contribution is 7.99. The fourth-order valence-corrected chi connectivity index (χ4v) is 3.92. The van der Waals surface area contributed by atoms with E-state index in [0.29, 0.717) is 10.8 Å². The second-order valence-electron chi connectivity index (χ2n) is 6.18. The van der Waals surface area contributed by atoms with Crippen LogP contribution in [0.1, 0.15) is 11.1 Å². The van der Waals surface area contributed by atoms with Gasteiger partial charge in [-0.15, -0.1) is 10.2 Å². The van der Waals surface area contributed by atoms with Crippen LogP contribution in [0.4, 0.5) is 5.69 Å². The molecule has 0 aliphatic rings.